The molecule has 0 saturated carbocycles. The first-order chi connectivity index (χ1) is 18.1. The zero-order chi connectivity index (χ0) is 27.2. The second-order valence-corrected chi connectivity index (χ2v) is 12.5. The highest BCUT2D eigenvalue weighted by atomic mass is 32.2. The predicted molar refractivity (Wildman–Crippen MR) is 146 cm³/mol. The van der Waals surface area contributed by atoms with Crippen molar-refractivity contribution >= 4 is 10.0 Å². The number of hydrogen-bond donors (Lipinski definition) is 0. The summed E-state index contributed by atoms with van der Waals surface area (Å²) in [4.78, 5) is 6.65. The lowest BCUT2D eigenvalue weighted by Gasteiger charge is -2.57. The van der Waals surface area contributed by atoms with Crippen molar-refractivity contribution < 1.29 is 17.5 Å². The Labute approximate surface area is 225 Å². The van der Waals surface area contributed by atoms with Crippen molar-refractivity contribution in [2.24, 2.45) is 7.05 Å². The highest BCUT2D eigenvalue weighted by Gasteiger charge is 2.50. The van der Waals surface area contributed by atoms with Gasteiger partial charge < -0.3 is 9.30 Å². The van der Waals surface area contributed by atoms with E-state index in [2.05, 4.69) is 34.1 Å². The van der Waals surface area contributed by atoms with Crippen LogP contribution in [0.25, 0.3) is 11.1 Å². The van der Waals surface area contributed by atoms with Crippen molar-refractivity contribution in [2.75, 3.05) is 33.4 Å². The van der Waals surface area contributed by atoms with Gasteiger partial charge in [0.2, 0.25) is 0 Å². The monoisotopic (exact) mass is 540 g/mol. The van der Waals surface area contributed by atoms with E-state index in [9.17, 15) is 12.8 Å². The van der Waals surface area contributed by atoms with Crippen LogP contribution in [0, 0.1) is 26.6 Å². The Morgan fingerprint density at radius 2 is 1.74 bits per heavy atom. The van der Waals surface area contributed by atoms with Crippen LogP contribution < -0.4 is 0 Å². The van der Waals surface area contributed by atoms with E-state index in [1.54, 1.807) is 23.0 Å². The van der Waals surface area contributed by atoms with Crippen LogP contribution in [0.3, 0.4) is 0 Å². The number of halogens is 1. The Balaban J connectivity index is 1.45. The number of benzene rings is 2. The molecule has 0 spiro atoms. The van der Waals surface area contributed by atoms with Gasteiger partial charge in [0, 0.05) is 45.2 Å². The van der Waals surface area contributed by atoms with Gasteiger partial charge in [0.25, 0.3) is 10.0 Å². The van der Waals surface area contributed by atoms with E-state index in [-0.39, 0.29) is 28.8 Å². The first-order valence-corrected chi connectivity index (χ1v) is 14.7. The molecule has 1 aromatic heterocycles. The number of imidazole rings is 1. The van der Waals surface area contributed by atoms with Gasteiger partial charge in [-0.2, -0.15) is 4.31 Å². The molecule has 2 aliphatic rings. The first kappa shape index (κ1) is 27.0. The summed E-state index contributed by atoms with van der Waals surface area (Å²) in [6, 6.07) is 12.1. The van der Waals surface area contributed by atoms with Crippen LogP contribution >= 0.6 is 0 Å². The third-order valence-electron chi connectivity index (χ3n) is 8.59. The molecule has 0 amide bonds. The third kappa shape index (κ3) is 4.59. The maximum Gasteiger partial charge on any atom is 0.260 e. The topological polar surface area (TPSA) is 67.7 Å². The fourth-order valence-corrected chi connectivity index (χ4v) is 7.76. The predicted octanol–water partition coefficient (Wildman–Crippen LogP) is 4.42. The molecule has 3 atom stereocenters. The van der Waals surface area contributed by atoms with Gasteiger partial charge in [-0.05, 0) is 74.0 Å². The van der Waals surface area contributed by atoms with Gasteiger partial charge in [-0.25, -0.2) is 17.8 Å². The highest BCUT2D eigenvalue weighted by Crippen LogP contribution is 2.43. The Hall–Kier alpha value is -2.59. The van der Waals surface area contributed by atoms with Gasteiger partial charge in [-0.15, -0.1) is 0 Å². The quantitative estimate of drug-likeness (QED) is 0.463. The van der Waals surface area contributed by atoms with Crippen molar-refractivity contribution in [3.63, 3.8) is 0 Å². The zero-order valence-corrected chi connectivity index (χ0v) is 23.6. The first-order valence-electron chi connectivity index (χ1n) is 13.2. The van der Waals surface area contributed by atoms with Crippen molar-refractivity contribution in [3.05, 3.63) is 70.9 Å². The standard InChI is InChI=1S/C29H37FN4O3S/c1-19-20(2)25(30)13-12-24(19)22-8-10-23(11-9-22)29-26-17-33(14-6-7-15-34(26)27(29)18-37-5)38(35,36)28-16-31-21(3)32(28)4/h8-13,16,26-27,29H,6-7,14-15,17-18H2,1-5H3/t26-,27+,29-/m0/s1. The van der Waals surface area contributed by atoms with E-state index in [1.807, 2.05) is 26.8 Å². The van der Waals surface area contributed by atoms with Crippen LogP contribution in [0.4, 0.5) is 4.39 Å². The number of aromatic nitrogens is 2. The molecule has 2 fully saturated rings. The summed E-state index contributed by atoms with van der Waals surface area (Å²) in [5.41, 5.74) is 4.84. The van der Waals surface area contributed by atoms with Crippen molar-refractivity contribution in [1.29, 1.82) is 0 Å². The molecule has 3 heterocycles. The Kier molecular flexibility index (Phi) is 7.48. The summed E-state index contributed by atoms with van der Waals surface area (Å²) >= 11 is 0. The number of rotatable bonds is 6. The van der Waals surface area contributed by atoms with Crippen molar-refractivity contribution in [2.45, 2.75) is 56.6 Å². The molecule has 7 nitrogen and oxygen atoms in total. The number of nitrogens with zero attached hydrogens (tertiary/aromatic N) is 4. The molecular weight excluding hydrogens is 503 g/mol. The second-order valence-electron chi connectivity index (χ2n) is 10.6. The molecule has 0 unspecified atom stereocenters. The van der Waals surface area contributed by atoms with Crippen LogP contribution in [-0.2, 0) is 21.8 Å². The Morgan fingerprint density at radius 1 is 1.03 bits per heavy atom. The molecule has 2 aliphatic heterocycles. The molecule has 2 aromatic carbocycles. The maximum absolute atomic E-state index is 14.0. The normalized spacial score (nSPS) is 22.9. The molecule has 0 radical (unpaired) electrons. The smallest absolute Gasteiger partial charge is 0.260 e. The summed E-state index contributed by atoms with van der Waals surface area (Å²) < 4.78 is 50.3. The number of fused-ring (bicyclic) bond motifs is 1. The summed E-state index contributed by atoms with van der Waals surface area (Å²) in [5.74, 6) is 0.625. The number of sulfonamides is 1. The zero-order valence-electron chi connectivity index (χ0n) is 22.8. The SMILES string of the molecule is COC[C@@H]1[C@@H](c2ccc(-c3ccc(F)c(C)c3C)cc2)[C@@H]2CN(S(=O)(=O)c3cnc(C)n3C)CCCCN12. The molecule has 5 rings (SSSR count). The van der Waals surface area contributed by atoms with Gasteiger partial charge in [0.15, 0.2) is 5.03 Å². The summed E-state index contributed by atoms with van der Waals surface area (Å²) in [6.07, 6.45) is 3.21. The minimum absolute atomic E-state index is 0.0557. The minimum Gasteiger partial charge on any atom is -0.383 e. The molecule has 0 N–H and O–H groups in total. The van der Waals surface area contributed by atoms with E-state index in [0.29, 0.717) is 31.1 Å². The largest absolute Gasteiger partial charge is 0.383 e. The number of methoxy groups -OCH3 is 1. The molecule has 3 aromatic rings. The van der Waals surface area contributed by atoms with E-state index in [0.717, 1.165) is 36.1 Å². The molecule has 38 heavy (non-hydrogen) atoms. The fraction of sp³-hybridized carbons (Fsp3) is 0.483. The molecule has 0 bridgehead atoms. The van der Waals surface area contributed by atoms with E-state index in [4.69, 9.17) is 4.74 Å². The molecule has 0 aliphatic carbocycles. The van der Waals surface area contributed by atoms with Crippen molar-refractivity contribution in [3.8, 4) is 11.1 Å². The molecule has 2 saturated heterocycles. The fourth-order valence-electron chi connectivity index (χ4n) is 6.12. The third-order valence-corrected chi connectivity index (χ3v) is 10.5. The van der Waals surface area contributed by atoms with Crippen LogP contribution in [0.1, 0.15) is 41.3 Å². The second kappa shape index (κ2) is 10.5. The lowest BCUT2D eigenvalue weighted by molar-refractivity contribution is -0.0635. The summed E-state index contributed by atoms with van der Waals surface area (Å²) in [5, 5.41) is 0.237. The van der Waals surface area contributed by atoms with Gasteiger partial charge in [-0.3, -0.25) is 4.90 Å². The van der Waals surface area contributed by atoms with Crippen LogP contribution in [-0.4, -0.2) is 72.6 Å². The number of aryl methyl sites for hydroxylation is 1. The highest BCUT2D eigenvalue weighted by molar-refractivity contribution is 7.89. The van der Waals surface area contributed by atoms with E-state index in [1.165, 1.54) is 17.8 Å². The van der Waals surface area contributed by atoms with E-state index >= 15 is 0 Å². The van der Waals surface area contributed by atoms with E-state index < -0.39 is 10.0 Å². The van der Waals surface area contributed by atoms with Gasteiger partial charge in [0.05, 0.1) is 12.8 Å². The average molecular weight is 541 g/mol. The maximum atomic E-state index is 14.0. The Morgan fingerprint density at radius 3 is 2.39 bits per heavy atom. The lowest BCUT2D eigenvalue weighted by Crippen LogP contribution is -2.68. The van der Waals surface area contributed by atoms with Crippen molar-refractivity contribution in [1.82, 2.24) is 18.8 Å². The summed E-state index contributed by atoms with van der Waals surface area (Å²) in [6.45, 7) is 8.02. The van der Waals surface area contributed by atoms with Crippen LogP contribution in [0.5, 0.6) is 0 Å². The van der Waals surface area contributed by atoms with Gasteiger partial charge in [0.1, 0.15) is 11.6 Å². The lowest BCUT2D eigenvalue weighted by atomic mass is 9.74. The van der Waals surface area contributed by atoms with Gasteiger partial charge in [-0.1, -0.05) is 30.3 Å². The molecule has 9 heteroatoms. The summed E-state index contributed by atoms with van der Waals surface area (Å²) in [7, 11) is -0.210. The minimum atomic E-state index is -3.68. The van der Waals surface area contributed by atoms with Crippen LogP contribution in [0.15, 0.2) is 47.6 Å². The Bertz CT molecular complexity index is 1420. The molecular formula is C29H37FN4O3S. The number of ether oxygens (including phenoxy) is 1. The average Bonchev–Trinajstić information content (AvgIpc) is 3.22. The number of hydrogen-bond acceptors (Lipinski definition) is 5. The molecule has 204 valence electrons. The van der Waals surface area contributed by atoms with Crippen LogP contribution in [0.2, 0.25) is 0 Å². The van der Waals surface area contributed by atoms with Gasteiger partial charge >= 0.3 is 0 Å².